The summed E-state index contributed by atoms with van der Waals surface area (Å²) in [7, 11) is 5.02. The number of likely N-dealkylation sites (N-methyl/N-ethyl adjacent to an activating group) is 1. The van der Waals surface area contributed by atoms with Gasteiger partial charge in [-0.1, -0.05) is 6.07 Å². The topological polar surface area (TPSA) is 57.2 Å². The van der Waals surface area contributed by atoms with E-state index in [4.69, 9.17) is 18.9 Å². The van der Waals surface area contributed by atoms with Crippen molar-refractivity contribution >= 4 is 5.91 Å². The molecular weight excluding hydrogens is 358 g/mol. The first kappa shape index (κ1) is 18.5. The summed E-state index contributed by atoms with van der Waals surface area (Å²) in [6.07, 6.45) is 2.05. The standard InChI is InChI=1S/C22H25NO5/c1-23(21(24)11-14-4-5-18(25-2)20(10-14)26-3)13-17-16-7-9-27-19(16)12-15-6-8-28-22(15)17/h4-5,10,12H,6-9,11,13H2,1-3H3. The van der Waals surface area contributed by atoms with Crippen molar-refractivity contribution in [3.63, 3.8) is 0 Å². The van der Waals surface area contributed by atoms with Gasteiger partial charge in [-0.3, -0.25) is 4.79 Å². The molecule has 2 heterocycles. The number of carbonyl (C=O) groups excluding carboxylic acids is 1. The minimum atomic E-state index is 0.0375. The second-order valence-corrected chi connectivity index (χ2v) is 7.13. The number of ether oxygens (including phenoxy) is 4. The first-order chi connectivity index (χ1) is 13.6. The Balaban J connectivity index is 1.52. The molecule has 1 amide bonds. The Labute approximate surface area is 165 Å². The fourth-order valence-corrected chi connectivity index (χ4v) is 3.88. The first-order valence-corrected chi connectivity index (χ1v) is 9.48. The van der Waals surface area contributed by atoms with Gasteiger partial charge in [0.25, 0.3) is 0 Å². The van der Waals surface area contributed by atoms with E-state index in [2.05, 4.69) is 6.07 Å². The molecule has 0 saturated heterocycles. The van der Waals surface area contributed by atoms with Crippen LogP contribution in [0.5, 0.6) is 23.0 Å². The van der Waals surface area contributed by atoms with Crippen molar-refractivity contribution in [2.24, 2.45) is 0 Å². The summed E-state index contributed by atoms with van der Waals surface area (Å²) in [5.74, 6) is 3.20. The zero-order chi connectivity index (χ0) is 19.7. The van der Waals surface area contributed by atoms with Gasteiger partial charge in [0.1, 0.15) is 11.5 Å². The van der Waals surface area contributed by atoms with E-state index in [-0.39, 0.29) is 5.91 Å². The van der Waals surface area contributed by atoms with Crippen LogP contribution in [0.4, 0.5) is 0 Å². The minimum Gasteiger partial charge on any atom is -0.493 e. The fourth-order valence-electron chi connectivity index (χ4n) is 3.88. The highest BCUT2D eigenvalue weighted by molar-refractivity contribution is 5.79. The molecule has 0 aliphatic carbocycles. The van der Waals surface area contributed by atoms with Gasteiger partial charge in [0.15, 0.2) is 11.5 Å². The van der Waals surface area contributed by atoms with Crippen molar-refractivity contribution in [1.82, 2.24) is 4.90 Å². The van der Waals surface area contributed by atoms with Gasteiger partial charge in [0.05, 0.1) is 33.9 Å². The number of fused-ring (bicyclic) bond motifs is 2. The van der Waals surface area contributed by atoms with Gasteiger partial charge in [-0.25, -0.2) is 0 Å². The molecule has 2 aromatic rings. The molecule has 4 rings (SSSR count). The summed E-state index contributed by atoms with van der Waals surface area (Å²) in [5, 5.41) is 0. The van der Waals surface area contributed by atoms with Gasteiger partial charge in [0, 0.05) is 43.1 Å². The summed E-state index contributed by atoms with van der Waals surface area (Å²) < 4.78 is 22.2. The van der Waals surface area contributed by atoms with E-state index in [1.54, 1.807) is 19.1 Å². The number of hydrogen-bond acceptors (Lipinski definition) is 5. The average molecular weight is 383 g/mol. The number of methoxy groups -OCH3 is 2. The number of amides is 1. The van der Waals surface area contributed by atoms with Crippen LogP contribution in [0.15, 0.2) is 24.3 Å². The van der Waals surface area contributed by atoms with Crippen LogP contribution in [0.2, 0.25) is 0 Å². The minimum absolute atomic E-state index is 0.0375. The van der Waals surface area contributed by atoms with Crippen LogP contribution < -0.4 is 18.9 Å². The van der Waals surface area contributed by atoms with Crippen LogP contribution in [0, 0.1) is 0 Å². The Kier molecular flexibility index (Phi) is 5.03. The SMILES string of the molecule is COc1ccc(CC(=O)N(C)Cc2c3c(cc4c2OCC4)OCC3)cc1OC. The molecular formula is C22H25NO5. The zero-order valence-electron chi connectivity index (χ0n) is 16.5. The number of nitrogens with zero attached hydrogens (tertiary/aromatic N) is 1. The molecule has 0 spiro atoms. The number of hydrogen-bond donors (Lipinski definition) is 0. The maximum absolute atomic E-state index is 12.9. The normalized spacial score (nSPS) is 14.0. The molecule has 2 aliphatic rings. The molecule has 0 unspecified atom stereocenters. The summed E-state index contributed by atoms with van der Waals surface area (Å²) in [6.45, 7) is 1.89. The molecule has 0 saturated carbocycles. The van der Waals surface area contributed by atoms with Crippen LogP contribution >= 0.6 is 0 Å². The Morgan fingerprint density at radius 3 is 2.64 bits per heavy atom. The first-order valence-electron chi connectivity index (χ1n) is 9.48. The summed E-state index contributed by atoms with van der Waals surface area (Å²) in [6, 6.07) is 7.66. The third-order valence-electron chi connectivity index (χ3n) is 5.38. The van der Waals surface area contributed by atoms with E-state index in [0.29, 0.717) is 37.7 Å². The van der Waals surface area contributed by atoms with Crippen LogP contribution in [-0.4, -0.2) is 45.3 Å². The smallest absolute Gasteiger partial charge is 0.227 e. The Morgan fingerprint density at radius 1 is 1.07 bits per heavy atom. The zero-order valence-corrected chi connectivity index (χ0v) is 16.5. The van der Waals surface area contributed by atoms with Crippen LogP contribution in [0.1, 0.15) is 22.3 Å². The van der Waals surface area contributed by atoms with Crippen molar-refractivity contribution in [3.05, 3.63) is 46.5 Å². The van der Waals surface area contributed by atoms with Crippen molar-refractivity contribution in [2.75, 3.05) is 34.5 Å². The molecule has 0 atom stereocenters. The van der Waals surface area contributed by atoms with Crippen LogP contribution in [0.25, 0.3) is 0 Å². The molecule has 0 radical (unpaired) electrons. The highest BCUT2D eigenvalue weighted by atomic mass is 16.5. The number of benzene rings is 2. The van der Waals surface area contributed by atoms with E-state index < -0.39 is 0 Å². The van der Waals surface area contributed by atoms with Crippen molar-refractivity contribution in [1.29, 1.82) is 0 Å². The van der Waals surface area contributed by atoms with Gasteiger partial charge in [0.2, 0.25) is 5.91 Å². The molecule has 28 heavy (non-hydrogen) atoms. The van der Waals surface area contributed by atoms with E-state index in [1.807, 2.05) is 25.2 Å². The predicted octanol–water partition coefficient (Wildman–Crippen LogP) is 2.77. The molecule has 2 aliphatic heterocycles. The highest BCUT2D eigenvalue weighted by Crippen LogP contribution is 2.41. The summed E-state index contributed by atoms with van der Waals surface area (Å²) >= 11 is 0. The lowest BCUT2D eigenvalue weighted by Gasteiger charge is -2.21. The second kappa shape index (κ2) is 7.62. The average Bonchev–Trinajstić information content (AvgIpc) is 3.36. The lowest BCUT2D eigenvalue weighted by atomic mass is 9.99. The molecule has 6 nitrogen and oxygen atoms in total. The molecule has 2 aromatic carbocycles. The van der Waals surface area contributed by atoms with E-state index in [1.165, 1.54) is 11.1 Å². The van der Waals surface area contributed by atoms with E-state index in [9.17, 15) is 4.79 Å². The maximum Gasteiger partial charge on any atom is 0.227 e. The molecule has 6 heteroatoms. The number of rotatable bonds is 6. The van der Waals surface area contributed by atoms with Crippen molar-refractivity contribution in [3.8, 4) is 23.0 Å². The Hall–Kier alpha value is -2.89. The predicted molar refractivity (Wildman–Crippen MR) is 105 cm³/mol. The lowest BCUT2D eigenvalue weighted by Crippen LogP contribution is -2.28. The Bertz CT molecular complexity index is 876. The largest absolute Gasteiger partial charge is 0.493 e. The van der Waals surface area contributed by atoms with Crippen molar-refractivity contribution in [2.45, 2.75) is 25.8 Å². The van der Waals surface area contributed by atoms with Gasteiger partial charge in [-0.2, -0.15) is 0 Å². The molecule has 0 aromatic heterocycles. The van der Waals surface area contributed by atoms with E-state index >= 15 is 0 Å². The van der Waals surface area contributed by atoms with Crippen LogP contribution in [-0.2, 0) is 30.6 Å². The molecule has 0 bridgehead atoms. The van der Waals surface area contributed by atoms with Gasteiger partial charge in [-0.15, -0.1) is 0 Å². The van der Waals surface area contributed by atoms with Gasteiger partial charge in [-0.05, 0) is 23.8 Å². The fraction of sp³-hybridized carbons (Fsp3) is 0.409. The third-order valence-corrected chi connectivity index (χ3v) is 5.38. The van der Waals surface area contributed by atoms with E-state index in [0.717, 1.165) is 35.5 Å². The third kappa shape index (κ3) is 3.35. The highest BCUT2D eigenvalue weighted by Gasteiger charge is 2.27. The Morgan fingerprint density at radius 2 is 1.86 bits per heavy atom. The monoisotopic (exact) mass is 383 g/mol. The quantitative estimate of drug-likeness (QED) is 0.768. The summed E-state index contributed by atoms with van der Waals surface area (Å²) in [4.78, 5) is 14.6. The second-order valence-electron chi connectivity index (χ2n) is 7.13. The molecule has 148 valence electrons. The summed E-state index contributed by atoms with van der Waals surface area (Å²) in [5.41, 5.74) is 4.33. The maximum atomic E-state index is 12.9. The van der Waals surface area contributed by atoms with Crippen molar-refractivity contribution < 1.29 is 23.7 Å². The van der Waals surface area contributed by atoms with Gasteiger partial charge >= 0.3 is 0 Å². The molecule has 0 N–H and O–H groups in total. The molecule has 0 fully saturated rings. The van der Waals surface area contributed by atoms with Gasteiger partial charge < -0.3 is 23.8 Å². The lowest BCUT2D eigenvalue weighted by molar-refractivity contribution is -0.129. The number of carbonyl (C=O) groups is 1. The van der Waals surface area contributed by atoms with Crippen LogP contribution in [0.3, 0.4) is 0 Å².